The number of halogens is 1. The minimum absolute atomic E-state index is 0.105. The van der Waals surface area contributed by atoms with Gasteiger partial charge in [-0.15, -0.1) is 0 Å². The molecule has 0 bridgehead atoms. The number of fused-ring (bicyclic) bond motifs is 1. The van der Waals surface area contributed by atoms with Crippen molar-refractivity contribution >= 4 is 27.5 Å². The molecule has 114 valence electrons. The van der Waals surface area contributed by atoms with Gasteiger partial charge in [0.15, 0.2) is 0 Å². The normalized spacial score (nSPS) is 13.3. The molecule has 0 N–H and O–H groups in total. The molecule has 2 aromatic heterocycles. The molecule has 1 amide bonds. The number of aryl methyl sites for hydroxylation is 1. The molecule has 0 aromatic carbocycles. The zero-order valence-electron chi connectivity index (χ0n) is 11.7. The standard InChI is InChI=1S/C13H12BrN5O3/c1-17-5-8-6-18(7-10(8)16-17)13(20)4-9-11(19(21)22)2-3-12(14)15-9/h2-3,5H,4,6-7H2,1H3. The third-order valence-electron chi connectivity index (χ3n) is 3.48. The minimum atomic E-state index is -0.525. The van der Waals surface area contributed by atoms with E-state index in [1.165, 1.54) is 12.1 Å². The van der Waals surface area contributed by atoms with Crippen molar-refractivity contribution in [3.8, 4) is 0 Å². The number of carbonyl (C=O) groups is 1. The first-order valence-corrected chi connectivity index (χ1v) is 7.32. The Labute approximate surface area is 134 Å². The molecule has 22 heavy (non-hydrogen) atoms. The maximum atomic E-state index is 12.4. The Morgan fingerprint density at radius 3 is 2.91 bits per heavy atom. The van der Waals surface area contributed by atoms with Gasteiger partial charge in [-0.25, -0.2) is 4.98 Å². The highest BCUT2D eigenvalue weighted by Crippen LogP contribution is 2.24. The van der Waals surface area contributed by atoms with E-state index in [4.69, 9.17) is 0 Å². The lowest BCUT2D eigenvalue weighted by Gasteiger charge is -2.15. The third kappa shape index (κ3) is 2.71. The highest BCUT2D eigenvalue weighted by atomic mass is 79.9. The Hall–Kier alpha value is -2.29. The summed E-state index contributed by atoms with van der Waals surface area (Å²) in [4.78, 5) is 28.6. The SMILES string of the molecule is Cn1cc2c(n1)CN(C(=O)Cc1nc(Br)ccc1[N+](=O)[O-])C2. The lowest BCUT2D eigenvalue weighted by Crippen LogP contribution is -2.28. The second-order valence-electron chi connectivity index (χ2n) is 5.06. The third-order valence-corrected chi connectivity index (χ3v) is 3.92. The zero-order valence-corrected chi connectivity index (χ0v) is 13.3. The van der Waals surface area contributed by atoms with Crippen molar-refractivity contribution in [1.29, 1.82) is 0 Å². The Balaban J connectivity index is 1.77. The molecule has 0 aliphatic carbocycles. The van der Waals surface area contributed by atoms with Gasteiger partial charge < -0.3 is 4.90 Å². The van der Waals surface area contributed by atoms with Gasteiger partial charge in [0.25, 0.3) is 5.69 Å². The lowest BCUT2D eigenvalue weighted by molar-refractivity contribution is -0.385. The summed E-state index contributed by atoms with van der Waals surface area (Å²) in [5.74, 6) is -0.200. The van der Waals surface area contributed by atoms with Crippen LogP contribution in [0, 0.1) is 10.1 Å². The average Bonchev–Trinajstić information content (AvgIpc) is 2.95. The van der Waals surface area contributed by atoms with E-state index in [1.54, 1.807) is 9.58 Å². The molecule has 8 nitrogen and oxygen atoms in total. The summed E-state index contributed by atoms with van der Waals surface area (Å²) >= 11 is 3.17. The van der Waals surface area contributed by atoms with Crippen LogP contribution in [0.5, 0.6) is 0 Å². The van der Waals surface area contributed by atoms with Gasteiger partial charge in [-0.1, -0.05) is 0 Å². The fourth-order valence-electron chi connectivity index (χ4n) is 2.49. The number of aromatic nitrogens is 3. The van der Waals surface area contributed by atoms with Crippen molar-refractivity contribution in [2.45, 2.75) is 19.5 Å². The lowest BCUT2D eigenvalue weighted by atomic mass is 10.2. The summed E-state index contributed by atoms with van der Waals surface area (Å²) in [7, 11) is 1.83. The molecular formula is C13H12BrN5O3. The van der Waals surface area contributed by atoms with Crippen molar-refractivity contribution in [2.75, 3.05) is 0 Å². The number of nitro groups is 1. The van der Waals surface area contributed by atoms with Gasteiger partial charge in [0.2, 0.25) is 5.91 Å². The van der Waals surface area contributed by atoms with Crippen molar-refractivity contribution in [1.82, 2.24) is 19.7 Å². The van der Waals surface area contributed by atoms with E-state index in [9.17, 15) is 14.9 Å². The molecule has 0 radical (unpaired) electrons. The topological polar surface area (TPSA) is 94.2 Å². The van der Waals surface area contributed by atoms with Crippen LogP contribution in [0.1, 0.15) is 17.0 Å². The van der Waals surface area contributed by atoms with Crippen molar-refractivity contribution in [2.24, 2.45) is 7.05 Å². The second-order valence-corrected chi connectivity index (χ2v) is 5.87. The smallest absolute Gasteiger partial charge is 0.291 e. The maximum absolute atomic E-state index is 12.4. The maximum Gasteiger partial charge on any atom is 0.291 e. The van der Waals surface area contributed by atoms with Crippen molar-refractivity contribution < 1.29 is 9.72 Å². The van der Waals surface area contributed by atoms with Crippen LogP contribution in [0.25, 0.3) is 0 Å². The number of carbonyl (C=O) groups excluding carboxylic acids is 1. The first-order chi connectivity index (χ1) is 10.4. The summed E-state index contributed by atoms with van der Waals surface area (Å²) < 4.78 is 2.18. The molecular weight excluding hydrogens is 354 g/mol. The molecule has 2 aromatic rings. The molecule has 0 spiro atoms. The van der Waals surface area contributed by atoms with E-state index in [-0.39, 0.29) is 23.7 Å². The summed E-state index contributed by atoms with van der Waals surface area (Å²) in [6, 6.07) is 2.84. The summed E-state index contributed by atoms with van der Waals surface area (Å²) in [5, 5.41) is 15.3. The number of rotatable bonds is 3. The molecule has 1 aliphatic heterocycles. The van der Waals surface area contributed by atoms with Gasteiger partial charge in [0.05, 0.1) is 23.6 Å². The first kappa shape index (κ1) is 14.6. The Morgan fingerprint density at radius 1 is 1.45 bits per heavy atom. The zero-order chi connectivity index (χ0) is 15.9. The minimum Gasteiger partial charge on any atom is -0.332 e. The van der Waals surface area contributed by atoms with Crippen LogP contribution in [-0.2, 0) is 31.4 Å². The molecule has 0 fully saturated rings. The van der Waals surface area contributed by atoms with Gasteiger partial charge in [0.1, 0.15) is 10.3 Å². The van der Waals surface area contributed by atoms with Crippen LogP contribution >= 0.6 is 15.9 Å². The highest BCUT2D eigenvalue weighted by molar-refractivity contribution is 9.10. The summed E-state index contributed by atoms with van der Waals surface area (Å²) in [6.45, 7) is 0.903. The molecule has 0 saturated heterocycles. The molecule has 0 atom stereocenters. The predicted octanol–water partition coefficient (Wildman–Crippen LogP) is 1.57. The van der Waals surface area contributed by atoms with E-state index < -0.39 is 4.92 Å². The molecule has 1 aliphatic rings. The molecule has 3 rings (SSSR count). The van der Waals surface area contributed by atoms with Gasteiger partial charge >= 0.3 is 0 Å². The first-order valence-electron chi connectivity index (χ1n) is 6.53. The van der Waals surface area contributed by atoms with Crippen LogP contribution < -0.4 is 0 Å². The van der Waals surface area contributed by atoms with Gasteiger partial charge in [-0.05, 0) is 22.0 Å². The number of amides is 1. The number of hydrogen-bond acceptors (Lipinski definition) is 5. The van der Waals surface area contributed by atoms with E-state index in [0.29, 0.717) is 17.7 Å². The Kier molecular flexibility index (Phi) is 3.65. The number of nitrogens with zero attached hydrogens (tertiary/aromatic N) is 5. The highest BCUT2D eigenvalue weighted by Gasteiger charge is 2.28. The Morgan fingerprint density at radius 2 is 2.23 bits per heavy atom. The summed E-state index contributed by atoms with van der Waals surface area (Å²) in [5.41, 5.74) is 1.89. The average molecular weight is 366 g/mol. The summed E-state index contributed by atoms with van der Waals surface area (Å²) in [6.07, 6.45) is 1.77. The van der Waals surface area contributed by atoms with E-state index >= 15 is 0 Å². The predicted molar refractivity (Wildman–Crippen MR) is 79.8 cm³/mol. The van der Waals surface area contributed by atoms with Gasteiger partial charge in [0, 0.05) is 31.4 Å². The number of pyridine rings is 1. The van der Waals surface area contributed by atoms with Crippen LogP contribution in [0.15, 0.2) is 22.9 Å². The van der Waals surface area contributed by atoms with E-state index in [1.807, 2.05) is 13.2 Å². The van der Waals surface area contributed by atoms with Crippen LogP contribution in [0.4, 0.5) is 5.69 Å². The monoisotopic (exact) mass is 365 g/mol. The molecule has 9 heteroatoms. The number of hydrogen-bond donors (Lipinski definition) is 0. The molecule has 0 unspecified atom stereocenters. The van der Waals surface area contributed by atoms with Gasteiger partial charge in [-0.3, -0.25) is 19.6 Å². The van der Waals surface area contributed by atoms with Crippen LogP contribution in [0.2, 0.25) is 0 Å². The van der Waals surface area contributed by atoms with Crippen LogP contribution in [-0.4, -0.2) is 30.5 Å². The fourth-order valence-corrected chi connectivity index (χ4v) is 2.83. The van der Waals surface area contributed by atoms with Crippen LogP contribution in [0.3, 0.4) is 0 Å². The largest absolute Gasteiger partial charge is 0.332 e. The van der Waals surface area contributed by atoms with E-state index in [2.05, 4.69) is 26.0 Å². The van der Waals surface area contributed by atoms with Crippen molar-refractivity contribution in [3.63, 3.8) is 0 Å². The molecule has 3 heterocycles. The van der Waals surface area contributed by atoms with Crippen molar-refractivity contribution in [3.05, 3.63) is 50.0 Å². The Bertz CT molecular complexity index is 750. The fraction of sp³-hybridized carbons (Fsp3) is 0.308. The van der Waals surface area contributed by atoms with E-state index in [0.717, 1.165) is 11.3 Å². The second kappa shape index (κ2) is 5.48. The molecule has 0 saturated carbocycles. The van der Waals surface area contributed by atoms with Gasteiger partial charge in [-0.2, -0.15) is 5.10 Å². The quantitative estimate of drug-likeness (QED) is 0.467.